The van der Waals surface area contributed by atoms with Gasteiger partial charge in [0.15, 0.2) is 0 Å². The van der Waals surface area contributed by atoms with Gasteiger partial charge in [-0.25, -0.2) is 0 Å². The van der Waals surface area contributed by atoms with E-state index in [0.717, 1.165) is 31.1 Å². The van der Waals surface area contributed by atoms with Crippen molar-refractivity contribution >= 4 is 0 Å². The Bertz CT molecular complexity index is 419. The van der Waals surface area contributed by atoms with E-state index < -0.39 is 0 Å². The summed E-state index contributed by atoms with van der Waals surface area (Å²) >= 11 is 0. The summed E-state index contributed by atoms with van der Waals surface area (Å²) < 4.78 is 0. The first-order valence-corrected chi connectivity index (χ1v) is 7.20. The monoisotopic (exact) mass is 257 g/mol. The highest BCUT2D eigenvalue weighted by molar-refractivity contribution is 5.31. The van der Waals surface area contributed by atoms with Crippen LogP contribution in [-0.4, -0.2) is 31.1 Å². The van der Waals surface area contributed by atoms with E-state index in [1.165, 1.54) is 31.5 Å². The van der Waals surface area contributed by atoms with Crippen LogP contribution in [-0.2, 0) is 6.54 Å². The maximum atomic E-state index is 8.74. The maximum absolute atomic E-state index is 8.74. The van der Waals surface area contributed by atoms with Gasteiger partial charge in [-0.2, -0.15) is 5.26 Å². The van der Waals surface area contributed by atoms with Gasteiger partial charge in [-0.05, 0) is 43.0 Å². The van der Waals surface area contributed by atoms with Crippen molar-refractivity contribution in [3.05, 3.63) is 35.4 Å². The van der Waals surface area contributed by atoms with Crippen molar-refractivity contribution in [1.29, 1.82) is 5.26 Å². The number of hydrogen-bond acceptors (Lipinski definition) is 3. The van der Waals surface area contributed by atoms with Gasteiger partial charge >= 0.3 is 0 Å². The van der Waals surface area contributed by atoms with E-state index in [2.05, 4.69) is 23.2 Å². The first kappa shape index (κ1) is 14.0. The SMILES string of the molecule is CC1CCCN(CCNCc2ccc(C#N)cc2)C1. The lowest BCUT2D eigenvalue weighted by molar-refractivity contribution is 0.184. The molecule has 1 atom stereocenters. The van der Waals surface area contributed by atoms with Crippen LogP contribution in [0.3, 0.4) is 0 Å². The van der Waals surface area contributed by atoms with E-state index >= 15 is 0 Å². The molecule has 0 saturated carbocycles. The van der Waals surface area contributed by atoms with E-state index in [0.29, 0.717) is 0 Å². The maximum Gasteiger partial charge on any atom is 0.0991 e. The Hall–Kier alpha value is -1.37. The van der Waals surface area contributed by atoms with Crippen molar-refractivity contribution < 1.29 is 0 Å². The Labute approximate surface area is 116 Å². The third kappa shape index (κ3) is 4.66. The first-order valence-electron chi connectivity index (χ1n) is 7.20. The molecule has 19 heavy (non-hydrogen) atoms. The molecule has 0 spiro atoms. The largest absolute Gasteiger partial charge is 0.311 e. The molecule has 0 aliphatic carbocycles. The van der Waals surface area contributed by atoms with Crippen LogP contribution in [0.5, 0.6) is 0 Å². The molecule has 0 bridgehead atoms. The molecular formula is C16H23N3. The summed E-state index contributed by atoms with van der Waals surface area (Å²) in [4.78, 5) is 2.56. The van der Waals surface area contributed by atoms with Crippen molar-refractivity contribution in [2.45, 2.75) is 26.3 Å². The second-order valence-corrected chi connectivity index (χ2v) is 5.53. The normalized spacial score (nSPS) is 20.1. The van der Waals surface area contributed by atoms with Crippen molar-refractivity contribution in [2.24, 2.45) is 5.92 Å². The summed E-state index contributed by atoms with van der Waals surface area (Å²) in [6.45, 7) is 7.90. The van der Waals surface area contributed by atoms with E-state index in [1.807, 2.05) is 24.3 Å². The lowest BCUT2D eigenvalue weighted by atomic mass is 10.0. The van der Waals surface area contributed by atoms with Crippen molar-refractivity contribution in [3.63, 3.8) is 0 Å². The Balaban J connectivity index is 1.64. The molecule has 102 valence electrons. The summed E-state index contributed by atoms with van der Waals surface area (Å²) in [6, 6.07) is 9.94. The average molecular weight is 257 g/mol. The molecule has 1 aliphatic heterocycles. The zero-order valence-electron chi connectivity index (χ0n) is 11.7. The van der Waals surface area contributed by atoms with Crippen molar-refractivity contribution in [3.8, 4) is 6.07 Å². The summed E-state index contributed by atoms with van der Waals surface area (Å²) in [5.41, 5.74) is 1.97. The fraction of sp³-hybridized carbons (Fsp3) is 0.562. The molecule has 0 aromatic heterocycles. The van der Waals surface area contributed by atoms with Crippen LogP contribution in [0.25, 0.3) is 0 Å². The predicted octanol–water partition coefficient (Wildman–Crippen LogP) is 2.38. The second kappa shape index (κ2) is 7.28. The van der Waals surface area contributed by atoms with Crippen LogP contribution in [0, 0.1) is 17.2 Å². The van der Waals surface area contributed by atoms with E-state index in [4.69, 9.17) is 5.26 Å². The van der Waals surface area contributed by atoms with Gasteiger partial charge < -0.3 is 10.2 Å². The Kier molecular flexibility index (Phi) is 5.38. The number of benzene rings is 1. The van der Waals surface area contributed by atoms with Gasteiger partial charge in [-0.15, -0.1) is 0 Å². The van der Waals surface area contributed by atoms with Crippen LogP contribution in [0.2, 0.25) is 0 Å². The Morgan fingerprint density at radius 2 is 2.16 bits per heavy atom. The zero-order chi connectivity index (χ0) is 13.5. The summed E-state index contributed by atoms with van der Waals surface area (Å²) in [7, 11) is 0. The molecular weight excluding hydrogens is 234 g/mol. The molecule has 1 saturated heterocycles. The quantitative estimate of drug-likeness (QED) is 0.823. The highest BCUT2D eigenvalue weighted by atomic mass is 15.1. The fourth-order valence-corrected chi connectivity index (χ4v) is 2.66. The number of piperidine rings is 1. The number of nitrogens with zero attached hydrogens (tertiary/aromatic N) is 2. The Morgan fingerprint density at radius 3 is 2.84 bits per heavy atom. The third-order valence-electron chi connectivity index (χ3n) is 3.76. The summed E-state index contributed by atoms with van der Waals surface area (Å²) in [5, 5.41) is 12.2. The Morgan fingerprint density at radius 1 is 1.37 bits per heavy atom. The predicted molar refractivity (Wildman–Crippen MR) is 77.7 cm³/mol. The summed E-state index contributed by atoms with van der Waals surface area (Å²) in [6.07, 6.45) is 2.73. The molecule has 1 heterocycles. The third-order valence-corrected chi connectivity index (χ3v) is 3.76. The van der Waals surface area contributed by atoms with E-state index in [9.17, 15) is 0 Å². The van der Waals surface area contributed by atoms with Crippen LogP contribution >= 0.6 is 0 Å². The molecule has 3 heteroatoms. The van der Waals surface area contributed by atoms with E-state index in [-0.39, 0.29) is 0 Å². The lowest BCUT2D eigenvalue weighted by Gasteiger charge is -2.30. The molecule has 3 nitrogen and oxygen atoms in total. The molecule has 2 rings (SSSR count). The number of rotatable bonds is 5. The van der Waals surface area contributed by atoms with Gasteiger partial charge in [-0.1, -0.05) is 19.1 Å². The minimum Gasteiger partial charge on any atom is -0.311 e. The second-order valence-electron chi connectivity index (χ2n) is 5.53. The fourth-order valence-electron chi connectivity index (χ4n) is 2.66. The number of hydrogen-bond donors (Lipinski definition) is 1. The highest BCUT2D eigenvalue weighted by Crippen LogP contribution is 2.14. The van der Waals surface area contributed by atoms with Crippen molar-refractivity contribution in [1.82, 2.24) is 10.2 Å². The number of likely N-dealkylation sites (tertiary alicyclic amines) is 1. The summed E-state index contributed by atoms with van der Waals surface area (Å²) in [5.74, 6) is 0.854. The molecule has 1 unspecified atom stereocenters. The van der Waals surface area contributed by atoms with Gasteiger partial charge in [0.05, 0.1) is 11.6 Å². The first-order chi connectivity index (χ1) is 9.28. The lowest BCUT2D eigenvalue weighted by Crippen LogP contribution is -2.38. The smallest absolute Gasteiger partial charge is 0.0991 e. The van der Waals surface area contributed by atoms with Crippen LogP contribution in [0.4, 0.5) is 0 Å². The molecule has 1 N–H and O–H groups in total. The molecule has 1 aromatic rings. The topological polar surface area (TPSA) is 39.1 Å². The minimum atomic E-state index is 0.728. The number of nitriles is 1. The standard InChI is InChI=1S/C16H23N3/c1-14-3-2-9-19(13-14)10-8-18-12-16-6-4-15(11-17)5-7-16/h4-7,14,18H,2-3,8-10,12-13H2,1H3. The zero-order valence-corrected chi connectivity index (χ0v) is 11.7. The molecule has 1 aromatic carbocycles. The van der Waals surface area contributed by atoms with Crippen LogP contribution < -0.4 is 5.32 Å². The average Bonchev–Trinajstić information content (AvgIpc) is 2.44. The van der Waals surface area contributed by atoms with Gasteiger partial charge in [-0.3, -0.25) is 0 Å². The van der Waals surface area contributed by atoms with Crippen LogP contribution in [0.15, 0.2) is 24.3 Å². The van der Waals surface area contributed by atoms with Gasteiger partial charge in [0.25, 0.3) is 0 Å². The highest BCUT2D eigenvalue weighted by Gasteiger charge is 2.15. The molecule has 1 aliphatic rings. The minimum absolute atomic E-state index is 0.728. The van der Waals surface area contributed by atoms with Gasteiger partial charge in [0, 0.05) is 26.2 Å². The van der Waals surface area contributed by atoms with Crippen molar-refractivity contribution in [2.75, 3.05) is 26.2 Å². The van der Waals surface area contributed by atoms with Crippen LogP contribution in [0.1, 0.15) is 30.9 Å². The van der Waals surface area contributed by atoms with Gasteiger partial charge in [0.2, 0.25) is 0 Å². The van der Waals surface area contributed by atoms with E-state index in [1.54, 1.807) is 0 Å². The molecule has 0 radical (unpaired) electrons. The number of nitrogens with one attached hydrogen (secondary N) is 1. The van der Waals surface area contributed by atoms with Gasteiger partial charge in [0.1, 0.15) is 0 Å². The molecule has 1 fully saturated rings. The molecule has 0 amide bonds.